The van der Waals surface area contributed by atoms with Crippen LogP contribution in [0.5, 0.6) is 23.0 Å². The zero-order valence-electron chi connectivity index (χ0n) is 13.6. The van der Waals surface area contributed by atoms with Crippen LogP contribution in [0.4, 0.5) is 4.79 Å². The van der Waals surface area contributed by atoms with Crippen molar-refractivity contribution in [2.75, 3.05) is 6.61 Å². The maximum Gasteiger partial charge on any atom is 0.513 e. The van der Waals surface area contributed by atoms with E-state index in [1.54, 1.807) is 6.92 Å². The predicted molar refractivity (Wildman–Crippen MR) is 90.6 cm³/mol. The van der Waals surface area contributed by atoms with Crippen molar-refractivity contribution in [3.05, 3.63) is 46.6 Å². The van der Waals surface area contributed by atoms with Crippen LogP contribution in [-0.4, -0.2) is 28.1 Å². The first-order chi connectivity index (χ1) is 12.4. The van der Waals surface area contributed by atoms with E-state index >= 15 is 0 Å². The lowest BCUT2D eigenvalue weighted by Crippen LogP contribution is -2.11. The molecular formula is C18H14O8. The molecule has 0 atom stereocenters. The van der Waals surface area contributed by atoms with E-state index in [0.717, 1.165) is 18.2 Å². The number of phenols is 3. The van der Waals surface area contributed by atoms with E-state index < -0.39 is 17.3 Å². The third-order valence-electron chi connectivity index (χ3n) is 3.48. The summed E-state index contributed by atoms with van der Waals surface area (Å²) in [5.74, 6) is -0.966. The summed E-state index contributed by atoms with van der Waals surface area (Å²) in [5, 5.41) is 29.0. The van der Waals surface area contributed by atoms with E-state index in [2.05, 4.69) is 0 Å². The van der Waals surface area contributed by atoms with E-state index in [1.165, 1.54) is 18.2 Å². The fourth-order valence-corrected chi connectivity index (χ4v) is 2.42. The van der Waals surface area contributed by atoms with Crippen LogP contribution in [0, 0.1) is 0 Å². The molecule has 26 heavy (non-hydrogen) atoms. The van der Waals surface area contributed by atoms with Gasteiger partial charge in [-0.1, -0.05) is 0 Å². The van der Waals surface area contributed by atoms with Gasteiger partial charge in [-0.05, 0) is 19.1 Å². The summed E-state index contributed by atoms with van der Waals surface area (Å²) in [4.78, 5) is 23.9. The topological polar surface area (TPSA) is 126 Å². The minimum atomic E-state index is -0.988. The Morgan fingerprint density at radius 1 is 1.08 bits per heavy atom. The third kappa shape index (κ3) is 3.25. The Morgan fingerprint density at radius 3 is 2.58 bits per heavy atom. The van der Waals surface area contributed by atoms with Gasteiger partial charge in [0.1, 0.15) is 39.7 Å². The SMILES string of the molecule is CCOC(=O)Oc1cc(O)ccc1-c1cc(=O)c2c(O)cc(O)cc2o1. The van der Waals surface area contributed by atoms with Gasteiger partial charge in [0.05, 0.1) is 12.2 Å². The Labute approximate surface area is 146 Å². The standard InChI is InChI=1S/C18H14O8/c1-2-24-18(23)26-14-6-9(19)3-4-11(14)15-8-13(22)17-12(21)5-10(20)7-16(17)25-15/h3-8,19-21H,2H2,1H3. The molecule has 0 saturated heterocycles. The van der Waals surface area contributed by atoms with Crippen molar-refractivity contribution in [2.45, 2.75) is 6.92 Å². The van der Waals surface area contributed by atoms with Crippen molar-refractivity contribution in [3.63, 3.8) is 0 Å². The molecule has 0 unspecified atom stereocenters. The summed E-state index contributed by atoms with van der Waals surface area (Å²) in [7, 11) is 0. The number of rotatable bonds is 3. The van der Waals surface area contributed by atoms with Crippen LogP contribution in [0.3, 0.4) is 0 Å². The van der Waals surface area contributed by atoms with E-state index in [4.69, 9.17) is 13.9 Å². The first-order valence-corrected chi connectivity index (χ1v) is 7.57. The van der Waals surface area contributed by atoms with Crippen LogP contribution >= 0.6 is 0 Å². The lowest BCUT2D eigenvalue weighted by atomic mass is 10.1. The molecule has 0 spiro atoms. The number of carbonyl (C=O) groups is 1. The molecule has 0 aliphatic carbocycles. The monoisotopic (exact) mass is 358 g/mol. The molecule has 3 N–H and O–H groups in total. The molecule has 0 amide bonds. The van der Waals surface area contributed by atoms with Gasteiger partial charge in [-0.25, -0.2) is 4.79 Å². The molecule has 0 aliphatic rings. The van der Waals surface area contributed by atoms with Crippen LogP contribution in [0.15, 0.2) is 45.6 Å². The molecule has 0 radical (unpaired) electrons. The second-order valence-corrected chi connectivity index (χ2v) is 5.28. The number of ether oxygens (including phenoxy) is 2. The molecule has 0 aliphatic heterocycles. The number of carbonyl (C=O) groups excluding carboxylic acids is 1. The predicted octanol–water partition coefficient (Wildman–Crippen LogP) is 3.11. The molecular weight excluding hydrogens is 344 g/mol. The summed E-state index contributed by atoms with van der Waals surface area (Å²) >= 11 is 0. The maximum absolute atomic E-state index is 12.3. The molecule has 3 aromatic rings. The highest BCUT2D eigenvalue weighted by Crippen LogP contribution is 2.36. The van der Waals surface area contributed by atoms with Gasteiger partial charge in [-0.15, -0.1) is 0 Å². The number of fused-ring (bicyclic) bond motifs is 1. The number of hydrogen-bond donors (Lipinski definition) is 3. The van der Waals surface area contributed by atoms with Gasteiger partial charge in [-0.3, -0.25) is 4.79 Å². The zero-order valence-corrected chi connectivity index (χ0v) is 13.6. The summed E-state index contributed by atoms with van der Waals surface area (Å²) in [6.07, 6.45) is -0.988. The summed E-state index contributed by atoms with van der Waals surface area (Å²) < 4.78 is 15.3. The molecule has 3 rings (SSSR count). The Hall–Kier alpha value is -3.68. The fourth-order valence-electron chi connectivity index (χ4n) is 2.42. The van der Waals surface area contributed by atoms with E-state index in [9.17, 15) is 24.9 Å². The van der Waals surface area contributed by atoms with Crippen molar-refractivity contribution < 1.29 is 34.0 Å². The minimum Gasteiger partial charge on any atom is -0.508 e. The van der Waals surface area contributed by atoms with Crippen LogP contribution in [0.2, 0.25) is 0 Å². The van der Waals surface area contributed by atoms with Crippen LogP contribution < -0.4 is 10.2 Å². The maximum atomic E-state index is 12.3. The molecule has 8 heteroatoms. The Balaban J connectivity index is 2.17. The van der Waals surface area contributed by atoms with Gasteiger partial charge in [0.25, 0.3) is 0 Å². The first-order valence-electron chi connectivity index (χ1n) is 7.57. The van der Waals surface area contributed by atoms with E-state index in [-0.39, 0.29) is 46.1 Å². The van der Waals surface area contributed by atoms with Gasteiger partial charge in [-0.2, -0.15) is 0 Å². The molecule has 0 saturated carbocycles. The Morgan fingerprint density at radius 2 is 1.85 bits per heavy atom. The molecule has 0 bridgehead atoms. The number of benzene rings is 2. The summed E-state index contributed by atoms with van der Waals surface area (Å²) in [6.45, 7) is 1.70. The number of hydrogen-bond acceptors (Lipinski definition) is 8. The van der Waals surface area contributed by atoms with E-state index in [1.807, 2.05) is 0 Å². The molecule has 1 aromatic heterocycles. The van der Waals surface area contributed by atoms with Crippen molar-refractivity contribution in [2.24, 2.45) is 0 Å². The van der Waals surface area contributed by atoms with Gasteiger partial charge < -0.3 is 29.2 Å². The largest absolute Gasteiger partial charge is 0.513 e. The fraction of sp³-hybridized carbons (Fsp3) is 0.111. The smallest absolute Gasteiger partial charge is 0.508 e. The van der Waals surface area contributed by atoms with Crippen molar-refractivity contribution in [1.82, 2.24) is 0 Å². The Bertz CT molecular complexity index is 1050. The first kappa shape index (κ1) is 17.2. The normalized spacial score (nSPS) is 10.7. The number of aromatic hydroxyl groups is 3. The minimum absolute atomic E-state index is 0.00629. The average molecular weight is 358 g/mol. The van der Waals surface area contributed by atoms with Gasteiger partial charge in [0.15, 0.2) is 5.43 Å². The van der Waals surface area contributed by atoms with E-state index in [0.29, 0.717) is 0 Å². The van der Waals surface area contributed by atoms with Gasteiger partial charge in [0.2, 0.25) is 0 Å². The quantitative estimate of drug-likeness (QED) is 0.481. The van der Waals surface area contributed by atoms with Crippen LogP contribution in [0.1, 0.15) is 6.92 Å². The van der Waals surface area contributed by atoms with Crippen molar-refractivity contribution >= 4 is 17.1 Å². The average Bonchev–Trinajstić information content (AvgIpc) is 2.53. The molecule has 8 nitrogen and oxygen atoms in total. The highest BCUT2D eigenvalue weighted by atomic mass is 16.7. The summed E-state index contributed by atoms with van der Waals surface area (Å²) in [5.41, 5.74) is -0.424. The number of phenolic OH excluding ortho intramolecular Hbond substituents is 3. The lowest BCUT2D eigenvalue weighted by molar-refractivity contribution is 0.104. The molecule has 1 heterocycles. The third-order valence-corrected chi connectivity index (χ3v) is 3.48. The van der Waals surface area contributed by atoms with Crippen molar-refractivity contribution in [3.8, 4) is 34.3 Å². The Kier molecular flexibility index (Phi) is 4.40. The zero-order chi connectivity index (χ0) is 18.8. The van der Waals surface area contributed by atoms with Gasteiger partial charge in [0, 0.05) is 24.3 Å². The second-order valence-electron chi connectivity index (χ2n) is 5.28. The van der Waals surface area contributed by atoms with Crippen molar-refractivity contribution in [1.29, 1.82) is 0 Å². The molecule has 134 valence electrons. The second kappa shape index (κ2) is 6.67. The van der Waals surface area contributed by atoms with Crippen LogP contribution in [-0.2, 0) is 4.74 Å². The molecule has 2 aromatic carbocycles. The van der Waals surface area contributed by atoms with Gasteiger partial charge >= 0.3 is 6.16 Å². The highest BCUT2D eigenvalue weighted by Gasteiger charge is 2.17. The van der Waals surface area contributed by atoms with Crippen LogP contribution in [0.25, 0.3) is 22.3 Å². The molecule has 0 fully saturated rings. The lowest BCUT2D eigenvalue weighted by Gasteiger charge is -2.10. The summed E-state index contributed by atoms with van der Waals surface area (Å²) in [6, 6.07) is 7.16. The highest BCUT2D eigenvalue weighted by molar-refractivity contribution is 5.86.